The Morgan fingerprint density at radius 1 is 0.390 bits per heavy atom. The molecule has 6 aromatic rings. The first-order chi connectivity index (χ1) is 20.3. The minimum atomic E-state index is 0.798. The second-order valence-corrected chi connectivity index (χ2v) is 9.58. The second-order valence-electron chi connectivity index (χ2n) is 9.58. The first-order valence-corrected chi connectivity index (χ1v) is 13.5. The first-order valence-electron chi connectivity index (χ1n) is 13.5. The van der Waals surface area contributed by atoms with Crippen LogP contribution in [0, 0.1) is 0 Å². The Kier molecular flexibility index (Phi) is 7.63. The smallest absolute Gasteiger partial charge is 0.118 e. The number of benzene rings is 6. The number of hydrogen-bond donors (Lipinski definition) is 0. The van der Waals surface area contributed by atoms with Crippen LogP contribution in [0.15, 0.2) is 168 Å². The molecule has 0 aliphatic rings. The van der Waals surface area contributed by atoms with Crippen molar-refractivity contribution in [1.82, 2.24) is 0 Å². The van der Waals surface area contributed by atoms with Crippen molar-refractivity contribution in [3.05, 3.63) is 158 Å². The van der Waals surface area contributed by atoms with Crippen molar-refractivity contribution in [2.24, 2.45) is 10.2 Å². The molecule has 0 aliphatic carbocycles. The maximum Gasteiger partial charge on any atom is 0.118 e. The zero-order chi connectivity index (χ0) is 27.9. The summed E-state index contributed by atoms with van der Waals surface area (Å²) < 4.78 is 5.32. The van der Waals surface area contributed by atoms with Gasteiger partial charge >= 0.3 is 0 Å². The Morgan fingerprint density at radius 3 is 1.22 bits per heavy atom. The van der Waals surface area contributed by atoms with Gasteiger partial charge in [0.25, 0.3) is 0 Å². The highest BCUT2D eigenvalue weighted by molar-refractivity contribution is 5.80. The molecule has 0 bridgehead atoms. The third-order valence-electron chi connectivity index (χ3n) is 6.93. The van der Waals surface area contributed by atoms with Gasteiger partial charge in [-0.3, -0.25) is 0 Å². The molecule has 0 saturated carbocycles. The minimum Gasteiger partial charge on any atom is -0.497 e. The van der Waals surface area contributed by atoms with Gasteiger partial charge < -0.3 is 9.64 Å². The number of nitrogens with zero attached hydrogens (tertiary/aromatic N) is 3. The summed E-state index contributed by atoms with van der Waals surface area (Å²) in [5.41, 5.74) is 9.46. The zero-order valence-electron chi connectivity index (χ0n) is 22.8. The van der Waals surface area contributed by atoms with Crippen molar-refractivity contribution >= 4 is 28.4 Å². The molecule has 4 nitrogen and oxygen atoms in total. The number of rotatable bonds is 8. The average molecular weight is 532 g/mol. The highest BCUT2D eigenvalue weighted by Gasteiger charge is 2.13. The van der Waals surface area contributed by atoms with Crippen molar-refractivity contribution in [2.45, 2.75) is 0 Å². The van der Waals surface area contributed by atoms with Gasteiger partial charge in [0.15, 0.2) is 0 Å². The monoisotopic (exact) mass is 531 g/mol. The molecular weight excluding hydrogens is 502 g/mol. The summed E-state index contributed by atoms with van der Waals surface area (Å²) in [5.74, 6) is 0.849. The molecule has 0 N–H and O–H groups in total. The van der Waals surface area contributed by atoms with E-state index in [1.54, 1.807) is 7.11 Å². The predicted molar refractivity (Wildman–Crippen MR) is 169 cm³/mol. The third kappa shape index (κ3) is 6.07. The standard InChI is InChI=1S/C37H29N3O/c1-41-37-26-16-31(17-27-37)30-14-22-35(23-15-30)40(34-20-12-29(13-21-34)28-8-4-2-5-9-28)36-24-18-33(19-25-36)39-38-32-10-6-3-7-11-32/h2-27H,1H3. The van der Waals surface area contributed by atoms with Crippen molar-refractivity contribution in [2.75, 3.05) is 12.0 Å². The van der Waals surface area contributed by atoms with E-state index in [9.17, 15) is 0 Å². The van der Waals surface area contributed by atoms with E-state index in [0.717, 1.165) is 45.3 Å². The summed E-state index contributed by atoms with van der Waals surface area (Å²) in [6.07, 6.45) is 0. The van der Waals surface area contributed by atoms with Gasteiger partial charge in [-0.2, -0.15) is 10.2 Å². The van der Waals surface area contributed by atoms with Gasteiger partial charge in [0, 0.05) is 17.1 Å². The van der Waals surface area contributed by atoms with E-state index < -0.39 is 0 Å². The van der Waals surface area contributed by atoms with Gasteiger partial charge in [-0.05, 0) is 95.1 Å². The van der Waals surface area contributed by atoms with Crippen LogP contribution >= 0.6 is 0 Å². The molecule has 0 aliphatic heterocycles. The van der Waals surface area contributed by atoms with Gasteiger partial charge in [-0.25, -0.2) is 0 Å². The van der Waals surface area contributed by atoms with E-state index in [2.05, 4.69) is 112 Å². The lowest BCUT2D eigenvalue weighted by Crippen LogP contribution is -2.09. The number of anilines is 3. The summed E-state index contributed by atoms with van der Waals surface area (Å²) in [4.78, 5) is 2.25. The lowest BCUT2D eigenvalue weighted by Gasteiger charge is -2.26. The number of methoxy groups -OCH3 is 1. The highest BCUT2D eigenvalue weighted by atomic mass is 16.5. The summed E-state index contributed by atoms with van der Waals surface area (Å²) in [6, 6.07) is 53.8. The maximum absolute atomic E-state index is 5.32. The Morgan fingerprint density at radius 2 is 0.756 bits per heavy atom. The van der Waals surface area contributed by atoms with Gasteiger partial charge in [-0.1, -0.05) is 84.9 Å². The molecule has 0 atom stereocenters. The van der Waals surface area contributed by atoms with Gasteiger partial charge in [0.1, 0.15) is 5.75 Å². The lowest BCUT2D eigenvalue weighted by atomic mass is 10.0. The van der Waals surface area contributed by atoms with Gasteiger partial charge in [0.05, 0.1) is 18.5 Å². The van der Waals surface area contributed by atoms with Crippen molar-refractivity contribution in [3.63, 3.8) is 0 Å². The normalized spacial score (nSPS) is 11.0. The molecule has 198 valence electrons. The van der Waals surface area contributed by atoms with Crippen LogP contribution in [0.4, 0.5) is 28.4 Å². The van der Waals surface area contributed by atoms with E-state index in [0.29, 0.717) is 0 Å². The van der Waals surface area contributed by atoms with Gasteiger partial charge in [-0.15, -0.1) is 0 Å². The van der Waals surface area contributed by atoms with Crippen molar-refractivity contribution < 1.29 is 4.74 Å². The van der Waals surface area contributed by atoms with Crippen LogP contribution in [0.5, 0.6) is 5.75 Å². The fraction of sp³-hybridized carbons (Fsp3) is 0.0270. The fourth-order valence-electron chi connectivity index (χ4n) is 4.75. The number of azo groups is 1. The summed E-state index contributed by atoms with van der Waals surface area (Å²) >= 11 is 0. The van der Waals surface area contributed by atoms with Crippen LogP contribution in [-0.2, 0) is 0 Å². The maximum atomic E-state index is 5.32. The number of ether oxygens (including phenoxy) is 1. The third-order valence-corrected chi connectivity index (χ3v) is 6.93. The summed E-state index contributed by atoms with van der Waals surface area (Å²) in [6.45, 7) is 0. The molecular formula is C37H29N3O. The largest absolute Gasteiger partial charge is 0.497 e. The van der Waals surface area contributed by atoms with Crippen LogP contribution in [0.25, 0.3) is 22.3 Å². The first kappa shape index (κ1) is 25.8. The van der Waals surface area contributed by atoms with Gasteiger partial charge in [0.2, 0.25) is 0 Å². The molecule has 0 amide bonds. The Balaban J connectivity index is 1.33. The van der Waals surface area contributed by atoms with E-state index >= 15 is 0 Å². The van der Waals surface area contributed by atoms with Crippen molar-refractivity contribution in [1.29, 1.82) is 0 Å². The van der Waals surface area contributed by atoms with Crippen LogP contribution < -0.4 is 9.64 Å². The molecule has 0 fully saturated rings. The van der Waals surface area contributed by atoms with E-state index in [4.69, 9.17) is 4.74 Å². The molecule has 6 aromatic carbocycles. The lowest BCUT2D eigenvalue weighted by molar-refractivity contribution is 0.415. The fourth-order valence-corrected chi connectivity index (χ4v) is 4.75. The highest BCUT2D eigenvalue weighted by Crippen LogP contribution is 2.37. The summed E-state index contributed by atoms with van der Waals surface area (Å²) in [7, 11) is 1.68. The van der Waals surface area contributed by atoms with Crippen LogP contribution in [0.2, 0.25) is 0 Å². The topological polar surface area (TPSA) is 37.2 Å². The van der Waals surface area contributed by atoms with E-state index in [1.807, 2.05) is 60.7 Å². The van der Waals surface area contributed by atoms with Crippen molar-refractivity contribution in [3.8, 4) is 28.0 Å². The Bertz CT molecular complexity index is 1710. The molecule has 0 heterocycles. The SMILES string of the molecule is COc1ccc(-c2ccc(N(c3ccc(N=Nc4ccccc4)cc3)c3ccc(-c4ccccc4)cc3)cc2)cc1. The molecule has 0 unspecified atom stereocenters. The molecule has 0 radical (unpaired) electrons. The molecule has 0 saturated heterocycles. The van der Waals surface area contributed by atoms with E-state index in [1.165, 1.54) is 11.1 Å². The number of hydrogen-bond acceptors (Lipinski definition) is 4. The van der Waals surface area contributed by atoms with Crippen LogP contribution in [0.3, 0.4) is 0 Å². The molecule has 4 heteroatoms. The molecule has 6 rings (SSSR count). The van der Waals surface area contributed by atoms with E-state index in [-0.39, 0.29) is 0 Å². The van der Waals surface area contributed by atoms with Crippen LogP contribution in [0.1, 0.15) is 0 Å². The average Bonchev–Trinajstić information content (AvgIpc) is 3.06. The quantitative estimate of drug-likeness (QED) is 0.183. The molecule has 41 heavy (non-hydrogen) atoms. The zero-order valence-corrected chi connectivity index (χ0v) is 22.8. The Labute approximate surface area is 240 Å². The molecule has 0 aromatic heterocycles. The minimum absolute atomic E-state index is 0.798. The second kappa shape index (κ2) is 12.1. The Hall–Kier alpha value is -5.48. The summed E-state index contributed by atoms with van der Waals surface area (Å²) in [5, 5.41) is 8.78. The predicted octanol–water partition coefficient (Wildman–Crippen LogP) is 10.9. The van der Waals surface area contributed by atoms with Crippen LogP contribution in [-0.4, -0.2) is 7.11 Å². The molecule has 0 spiro atoms.